The van der Waals surface area contributed by atoms with Crippen LogP contribution in [-0.2, 0) is 0 Å². The second-order valence-corrected chi connectivity index (χ2v) is 20.6. The molecule has 0 aromatic carbocycles. The normalized spacial score (nSPS) is 12.7. The Morgan fingerprint density at radius 3 is 2.04 bits per heavy atom. The number of aromatic nitrogens is 3. The van der Waals surface area contributed by atoms with Crippen LogP contribution in [0.2, 0.25) is 44.4 Å². The Bertz CT molecular complexity index is 695. The standard InChI is InChI=1S/C17H26ClN3SSi2/c1-22-17-20-14(10-15(18)21-17)13-9-8-12(11-19-13)16(23(2,3)4)24(5,6)7/h8-11,16H,1-7H3. The van der Waals surface area contributed by atoms with Crippen molar-refractivity contribution in [2.24, 2.45) is 0 Å². The van der Waals surface area contributed by atoms with Crippen molar-refractivity contribution in [2.75, 3.05) is 6.26 Å². The van der Waals surface area contributed by atoms with E-state index in [0.717, 1.165) is 11.4 Å². The Morgan fingerprint density at radius 1 is 0.958 bits per heavy atom. The van der Waals surface area contributed by atoms with Crippen LogP contribution in [0, 0.1) is 0 Å². The minimum absolute atomic E-state index is 0.456. The van der Waals surface area contributed by atoms with Crippen molar-refractivity contribution >= 4 is 39.5 Å². The third-order valence-electron chi connectivity index (χ3n) is 3.97. The number of pyridine rings is 1. The molecule has 130 valence electrons. The third kappa shape index (κ3) is 4.68. The predicted molar refractivity (Wildman–Crippen MR) is 111 cm³/mol. The molecular formula is C17H26ClN3SSi2. The number of nitrogens with zero attached hydrogens (tertiary/aromatic N) is 3. The van der Waals surface area contributed by atoms with Gasteiger partial charge in [-0.1, -0.05) is 68.7 Å². The Kier molecular flexibility index (Phi) is 5.95. The fourth-order valence-electron chi connectivity index (χ4n) is 3.65. The maximum atomic E-state index is 6.10. The first-order valence-corrected chi connectivity index (χ1v) is 16.8. The van der Waals surface area contributed by atoms with E-state index >= 15 is 0 Å². The fraction of sp³-hybridized carbons (Fsp3) is 0.471. The summed E-state index contributed by atoms with van der Waals surface area (Å²) in [5, 5.41) is 1.81. The van der Waals surface area contributed by atoms with E-state index in [0.29, 0.717) is 15.5 Å². The van der Waals surface area contributed by atoms with Gasteiger partial charge < -0.3 is 0 Å². The molecular weight excluding hydrogens is 370 g/mol. The van der Waals surface area contributed by atoms with Crippen molar-refractivity contribution in [3.05, 3.63) is 35.1 Å². The summed E-state index contributed by atoms with van der Waals surface area (Å²) in [6.07, 6.45) is 3.99. The van der Waals surface area contributed by atoms with Crippen molar-refractivity contribution in [1.29, 1.82) is 0 Å². The maximum absolute atomic E-state index is 6.10. The van der Waals surface area contributed by atoms with Crippen LogP contribution in [-0.4, -0.2) is 37.4 Å². The Morgan fingerprint density at radius 2 is 1.58 bits per heavy atom. The molecule has 0 bridgehead atoms. The molecule has 24 heavy (non-hydrogen) atoms. The monoisotopic (exact) mass is 395 g/mol. The van der Waals surface area contributed by atoms with Gasteiger partial charge in [0.05, 0.1) is 11.4 Å². The number of rotatable bonds is 5. The third-order valence-corrected chi connectivity index (χ3v) is 14.0. The second kappa shape index (κ2) is 7.27. The fourth-order valence-corrected chi connectivity index (χ4v) is 17.0. The minimum atomic E-state index is -1.31. The first-order valence-electron chi connectivity index (χ1n) is 8.07. The van der Waals surface area contributed by atoms with Gasteiger partial charge in [0, 0.05) is 28.4 Å². The van der Waals surface area contributed by atoms with E-state index in [1.807, 2.05) is 12.5 Å². The largest absolute Gasteiger partial charge is 0.254 e. The lowest BCUT2D eigenvalue weighted by atomic mass is 10.2. The summed E-state index contributed by atoms with van der Waals surface area (Å²) < 4.78 is 0. The quantitative estimate of drug-likeness (QED) is 0.279. The molecule has 7 heteroatoms. The molecule has 0 N–H and O–H groups in total. The molecule has 0 aliphatic heterocycles. The van der Waals surface area contributed by atoms with E-state index in [1.54, 1.807) is 6.07 Å². The Balaban J connectivity index is 2.42. The lowest BCUT2D eigenvalue weighted by Crippen LogP contribution is -2.46. The molecule has 0 saturated heterocycles. The van der Waals surface area contributed by atoms with Crippen LogP contribution in [0.15, 0.2) is 29.6 Å². The van der Waals surface area contributed by atoms with Gasteiger partial charge in [-0.25, -0.2) is 9.97 Å². The van der Waals surface area contributed by atoms with Crippen LogP contribution >= 0.6 is 23.4 Å². The molecule has 0 atom stereocenters. The van der Waals surface area contributed by atoms with E-state index in [1.165, 1.54) is 17.3 Å². The summed E-state index contributed by atoms with van der Waals surface area (Å²) in [5.74, 6) is 0. The molecule has 0 aliphatic carbocycles. The van der Waals surface area contributed by atoms with Crippen LogP contribution in [0.5, 0.6) is 0 Å². The lowest BCUT2D eigenvalue weighted by molar-refractivity contribution is 0.970. The van der Waals surface area contributed by atoms with E-state index < -0.39 is 16.1 Å². The SMILES string of the molecule is CSc1nc(Cl)cc(-c2ccc(C([Si](C)(C)C)[Si](C)(C)C)cn2)n1. The smallest absolute Gasteiger partial charge is 0.189 e. The Hall–Kier alpha value is -0.696. The average Bonchev–Trinajstić information content (AvgIpc) is 2.44. The molecule has 2 aromatic heterocycles. The highest BCUT2D eigenvalue weighted by molar-refractivity contribution is 7.98. The van der Waals surface area contributed by atoms with Gasteiger partial charge in [0.15, 0.2) is 5.16 Å². The molecule has 0 spiro atoms. The van der Waals surface area contributed by atoms with E-state index in [4.69, 9.17) is 16.6 Å². The van der Waals surface area contributed by atoms with Crippen molar-refractivity contribution in [3.63, 3.8) is 0 Å². The van der Waals surface area contributed by atoms with Gasteiger partial charge in [-0.15, -0.1) is 0 Å². The van der Waals surface area contributed by atoms with Crippen molar-refractivity contribution < 1.29 is 0 Å². The highest BCUT2D eigenvalue weighted by Crippen LogP contribution is 2.35. The molecule has 3 nitrogen and oxygen atoms in total. The molecule has 2 heterocycles. The van der Waals surface area contributed by atoms with Crippen molar-refractivity contribution in [2.45, 2.75) is 49.6 Å². The van der Waals surface area contributed by atoms with E-state index in [2.05, 4.69) is 61.4 Å². The molecule has 0 fully saturated rings. The Labute approximate surface area is 156 Å². The summed E-state index contributed by atoms with van der Waals surface area (Å²) in [4.78, 5) is 13.4. The van der Waals surface area contributed by atoms with Crippen LogP contribution in [0.1, 0.15) is 10.7 Å². The number of hydrogen-bond donors (Lipinski definition) is 0. The lowest BCUT2D eigenvalue weighted by Gasteiger charge is -2.38. The summed E-state index contributed by atoms with van der Waals surface area (Å²) in [5.41, 5.74) is 3.01. The molecule has 0 amide bonds. The van der Waals surface area contributed by atoms with Gasteiger partial charge in [-0.05, 0) is 23.1 Å². The summed E-state index contributed by atoms with van der Waals surface area (Å²) in [7, 11) is -2.62. The van der Waals surface area contributed by atoms with Gasteiger partial charge in [0.25, 0.3) is 0 Å². The van der Waals surface area contributed by atoms with Gasteiger partial charge in [0.1, 0.15) is 5.15 Å². The van der Waals surface area contributed by atoms with Gasteiger partial charge in [-0.2, -0.15) is 0 Å². The van der Waals surface area contributed by atoms with Crippen LogP contribution in [0.3, 0.4) is 0 Å². The molecule has 0 saturated carbocycles. The second-order valence-electron chi connectivity index (χ2n) is 8.20. The van der Waals surface area contributed by atoms with Crippen molar-refractivity contribution in [3.8, 4) is 11.4 Å². The van der Waals surface area contributed by atoms with Crippen LogP contribution in [0.25, 0.3) is 11.4 Å². The van der Waals surface area contributed by atoms with Gasteiger partial charge in [-0.3, -0.25) is 4.98 Å². The molecule has 2 rings (SSSR count). The summed E-state index contributed by atoms with van der Waals surface area (Å²) in [6.45, 7) is 14.7. The van der Waals surface area contributed by atoms with E-state index in [9.17, 15) is 0 Å². The number of halogens is 1. The summed E-state index contributed by atoms with van der Waals surface area (Å²) in [6, 6.07) is 6.08. The molecule has 0 radical (unpaired) electrons. The van der Waals surface area contributed by atoms with Gasteiger partial charge in [0.2, 0.25) is 0 Å². The highest BCUT2D eigenvalue weighted by Gasteiger charge is 2.38. The zero-order valence-electron chi connectivity index (χ0n) is 15.5. The number of hydrogen-bond acceptors (Lipinski definition) is 4. The van der Waals surface area contributed by atoms with Gasteiger partial charge >= 0.3 is 0 Å². The van der Waals surface area contributed by atoms with Crippen molar-refractivity contribution in [1.82, 2.24) is 15.0 Å². The highest BCUT2D eigenvalue weighted by atomic mass is 35.5. The first kappa shape index (κ1) is 19.6. The van der Waals surface area contributed by atoms with Crippen LogP contribution < -0.4 is 0 Å². The number of thioether (sulfide) groups is 1. The van der Waals surface area contributed by atoms with Crippen LogP contribution in [0.4, 0.5) is 0 Å². The zero-order chi connectivity index (χ0) is 18.1. The topological polar surface area (TPSA) is 38.7 Å². The zero-order valence-corrected chi connectivity index (χ0v) is 19.1. The molecule has 0 aliphatic rings. The average molecular weight is 396 g/mol. The van der Waals surface area contributed by atoms with E-state index in [-0.39, 0.29) is 0 Å². The summed E-state index contributed by atoms with van der Waals surface area (Å²) >= 11 is 7.58. The minimum Gasteiger partial charge on any atom is -0.254 e. The maximum Gasteiger partial charge on any atom is 0.189 e. The first-order chi connectivity index (χ1) is 11.0. The molecule has 0 unspecified atom stereocenters. The molecule has 2 aromatic rings. The predicted octanol–water partition coefficient (Wildman–Crippen LogP) is 5.75.